The van der Waals surface area contributed by atoms with Crippen molar-refractivity contribution in [1.82, 2.24) is 50.1 Å². The second-order valence-corrected chi connectivity index (χ2v) is 18.0. The molecule has 2 fully saturated rings. The number of likely N-dealkylation sites (tertiary alicyclic amines) is 2. The fraction of sp³-hybridized carbons (Fsp3) is 0.300. The van der Waals surface area contributed by atoms with Crippen LogP contribution in [0, 0.1) is 0 Å². The third-order valence-corrected chi connectivity index (χ3v) is 12.1. The van der Waals surface area contributed by atoms with Gasteiger partial charge in [-0.15, -0.1) is 0 Å². The van der Waals surface area contributed by atoms with Crippen LogP contribution in [0.4, 0.5) is 0 Å². The number of phosphoric acid groups is 2. The van der Waals surface area contributed by atoms with Gasteiger partial charge in [-0.3, -0.25) is 24.3 Å². The summed E-state index contributed by atoms with van der Waals surface area (Å²) in [6, 6.07) is 18.4. The maximum absolute atomic E-state index is 12.2. The van der Waals surface area contributed by atoms with Crippen molar-refractivity contribution >= 4 is 50.7 Å². The zero-order valence-electron chi connectivity index (χ0n) is 36.7. The van der Waals surface area contributed by atoms with Crippen molar-refractivity contribution in [3.63, 3.8) is 0 Å². The van der Waals surface area contributed by atoms with Gasteiger partial charge in [0.25, 0.3) is 0 Å². The number of benzene rings is 2. The maximum atomic E-state index is 12.2. The Labute approximate surface area is 443 Å². The number of carbonyl (C=O) groups is 2. The number of H-pyrrole nitrogens is 2. The Morgan fingerprint density at radius 1 is 0.647 bits per heavy atom. The van der Waals surface area contributed by atoms with Gasteiger partial charge >= 0.3 is 66.9 Å². The number of carbonyl (C=O) groups excluding carboxylic acids is 2. The van der Waals surface area contributed by atoms with Crippen molar-refractivity contribution in [2.75, 3.05) is 39.4 Å². The molecule has 2 aliphatic heterocycles. The molecule has 0 atom stereocenters. The number of nitrogens with one attached hydrogen (secondary N) is 2. The first-order valence-electron chi connectivity index (χ1n) is 19.8. The largest absolute Gasteiger partial charge is 1.00 e. The van der Waals surface area contributed by atoms with E-state index in [1.165, 1.54) is 17.6 Å². The number of aromatic amines is 2. The summed E-state index contributed by atoms with van der Waals surface area (Å²) < 4.78 is 29.9. The summed E-state index contributed by atoms with van der Waals surface area (Å²) in [6.45, 7) is 0.248. The van der Waals surface area contributed by atoms with E-state index in [1.54, 1.807) is 41.6 Å². The molecule has 6 aromatic rings. The van der Waals surface area contributed by atoms with E-state index in [0.29, 0.717) is 61.9 Å². The fourth-order valence-electron chi connectivity index (χ4n) is 7.62. The van der Waals surface area contributed by atoms with Crippen LogP contribution in [0.3, 0.4) is 0 Å². The van der Waals surface area contributed by atoms with Crippen molar-refractivity contribution in [1.29, 1.82) is 0 Å². The SMILES string of the molecule is O.O.O=C(COP(=O)(O)O)N1CCC(c2[nH]nc(-c3ccc(Cl)cc3)c2-c2ccncn2)CC1.O=C(COP(=O)([O-])[O-])N1CCC(c2[nH]nc(-c3ccc(Cl)cc3)c2-c2ccncn2)CC1.[Na+].[Na+]. The number of hydrogen-bond donors (Lipinski definition) is 4. The Morgan fingerprint density at radius 3 is 1.34 bits per heavy atom. The summed E-state index contributed by atoms with van der Waals surface area (Å²) >= 11 is 12.1. The minimum atomic E-state index is -5.18. The van der Waals surface area contributed by atoms with Crippen molar-refractivity contribution in [3.05, 3.63) is 107 Å². The van der Waals surface area contributed by atoms with E-state index in [1.807, 2.05) is 36.4 Å². The molecule has 0 saturated carbocycles. The summed E-state index contributed by atoms with van der Waals surface area (Å²) in [5.41, 5.74) is 8.30. The number of halogens is 2. The van der Waals surface area contributed by atoms with Crippen LogP contribution in [-0.4, -0.2) is 122 Å². The van der Waals surface area contributed by atoms with E-state index >= 15 is 0 Å². The monoisotopic (exact) mass is 1030 g/mol. The molecule has 8 N–H and O–H groups in total. The Balaban J connectivity index is 0.000000340. The number of phosphoric ester groups is 2. The van der Waals surface area contributed by atoms with E-state index in [-0.39, 0.29) is 81.9 Å². The van der Waals surface area contributed by atoms with Gasteiger partial charge in [0.05, 0.1) is 19.2 Å². The molecule has 2 saturated heterocycles. The number of hydrogen-bond acceptors (Lipinski definition) is 14. The molecule has 2 aliphatic rings. The standard InChI is InChI=1S/2C20H21ClN5O5P.2Na.2H2O/c2*21-15-3-1-13(2-4-15)19-18(16-5-8-22-12-23-16)20(25-24-19)14-6-9-26(10-7-14)17(27)11-31-32(28,29)30;;;;/h2*1-5,8,12,14H,6-7,9-11H2,(H,24,25)(H2,28,29,30);;;2*1H2/q;;2*+1;;/p-2. The molecule has 0 bridgehead atoms. The van der Waals surface area contributed by atoms with Gasteiger partial charge in [-0.05, 0) is 62.1 Å². The number of piperidine rings is 2. The fourth-order valence-corrected chi connectivity index (χ4v) is 8.42. The average molecular weight is 1040 g/mol. The summed E-state index contributed by atoms with van der Waals surface area (Å²) in [5.74, 6) is -0.809. The maximum Gasteiger partial charge on any atom is 1.00 e. The normalized spacial score (nSPS) is 14.3. The molecule has 8 rings (SSSR count). The summed E-state index contributed by atoms with van der Waals surface area (Å²) in [4.78, 5) is 83.0. The number of aromatic nitrogens is 8. The predicted octanol–water partition coefficient (Wildman–Crippen LogP) is -2.90. The van der Waals surface area contributed by atoms with Crippen molar-refractivity contribution in [3.8, 4) is 45.0 Å². The summed E-state index contributed by atoms with van der Waals surface area (Å²) in [5, 5.41) is 16.7. The van der Waals surface area contributed by atoms with Crippen LogP contribution in [-0.2, 0) is 27.8 Å². The second-order valence-electron chi connectivity index (χ2n) is 14.7. The van der Waals surface area contributed by atoms with Crippen LogP contribution >= 0.6 is 38.8 Å². The van der Waals surface area contributed by atoms with Gasteiger partial charge in [0.1, 0.15) is 37.3 Å². The third-order valence-electron chi connectivity index (χ3n) is 10.7. The Hall–Kier alpha value is -3.32. The summed E-state index contributed by atoms with van der Waals surface area (Å²) in [7, 11) is -9.86. The van der Waals surface area contributed by atoms with Crippen LogP contribution in [0.2, 0.25) is 10.0 Å². The van der Waals surface area contributed by atoms with Gasteiger partial charge in [0.15, 0.2) is 0 Å². The molecule has 0 aliphatic carbocycles. The number of amides is 2. The Morgan fingerprint density at radius 2 is 1.01 bits per heavy atom. The number of nitrogens with zero attached hydrogens (tertiary/aromatic N) is 8. The zero-order chi connectivity index (χ0) is 45.4. The van der Waals surface area contributed by atoms with Crippen molar-refractivity contribution < 1.29 is 117 Å². The molecule has 0 unspecified atom stereocenters. The van der Waals surface area contributed by atoms with Gasteiger partial charge in [-0.1, -0.05) is 47.5 Å². The van der Waals surface area contributed by atoms with Crippen LogP contribution in [0.5, 0.6) is 0 Å². The molecule has 6 heterocycles. The molecule has 4 aromatic heterocycles. The molecule has 352 valence electrons. The molecule has 0 radical (unpaired) electrons. The van der Waals surface area contributed by atoms with Gasteiger partial charge in [-0.25, -0.2) is 24.5 Å². The minimum absolute atomic E-state index is 0. The minimum Gasteiger partial charge on any atom is -0.790 e. The van der Waals surface area contributed by atoms with E-state index in [4.69, 9.17) is 33.0 Å². The van der Waals surface area contributed by atoms with E-state index in [9.17, 15) is 28.5 Å². The average Bonchev–Trinajstić information content (AvgIpc) is 3.95. The molecule has 28 heteroatoms. The van der Waals surface area contributed by atoms with Gasteiger partial charge in [0, 0.05) is 94.1 Å². The molecule has 0 spiro atoms. The van der Waals surface area contributed by atoms with Crippen molar-refractivity contribution in [2.24, 2.45) is 0 Å². The van der Waals surface area contributed by atoms with Crippen LogP contribution in [0.15, 0.2) is 85.7 Å². The first kappa shape index (κ1) is 59.0. The first-order chi connectivity index (χ1) is 30.6. The molecular formula is C40H44Cl2N10Na2O12P2. The van der Waals surface area contributed by atoms with Crippen molar-refractivity contribution in [2.45, 2.75) is 37.5 Å². The van der Waals surface area contributed by atoms with Crippen LogP contribution in [0.25, 0.3) is 45.0 Å². The topological polar surface area (TPSA) is 352 Å². The van der Waals surface area contributed by atoms with E-state index in [0.717, 1.165) is 56.4 Å². The first-order valence-corrected chi connectivity index (χ1v) is 23.5. The third kappa shape index (κ3) is 15.8. The molecular weight excluding hydrogens is 991 g/mol. The molecule has 2 aromatic carbocycles. The Bertz CT molecular complexity index is 2450. The number of rotatable bonds is 12. The Kier molecular flexibility index (Phi) is 23.2. The zero-order valence-corrected chi connectivity index (χ0v) is 44.0. The molecule has 22 nitrogen and oxygen atoms in total. The van der Waals surface area contributed by atoms with Gasteiger partial charge in [0.2, 0.25) is 11.8 Å². The van der Waals surface area contributed by atoms with Gasteiger partial charge in [-0.2, -0.15) is 10.2 Å². The van der Waals surface area contributed by atoms with Crippen LogP contribution in [0.1, 0.15) is 48.9 Å². The van der Waals surface area contributed by atoms with Crippen LogP contribution < -0.4 is 68.9 Å². The summed E-state index contributed by atoms with van der Waals surface area (Å²) in [6.07, 6.45) is 8.86. The predicted molar refractivity (Wildman–Crippen MR) is 236 cm³/mol. The molecule has 68 heavy (non-hydrogen) atoms. The van der Waals surface area contributed by atoms with Gasteiger partial charge < -0.3 is 49.4 Å². The van der Waals surface area contributed by atoms with E-state index in [2.05, 4.69) is 49.4 Å². The smallest absolute Gasteiger partial charge is 0.790 e. The van der Waals surface area contributed by atoms with E-state index < -0.39 is 40.7 Å². The quantitative estimate of drug-likeness (QED) is 0.0706. The second kappa shape index (κ2) is 26.8. The molecule has 2 amide bonds.